The molecule has 1 aliphatic rings. The van der Waals surface area contributed by atoms with Crippen LogP contribution in [0.2, 0.25) is 5.02 Å². The van der Waals surface area contributed by atoms with Gasteiger partial charge in [-0.25, -0.2) is 8.42 Å². The fourth-order valence-electron chi connectivity index (χ4n) is 3.46. The average Bonchev–Trinajstić information content (AvgIpc) is 2.76. The van der Waals surface area contributed by atoms with Crippen molar-refractivity contribution in [1.82, 2.24) is 14.5 Å². The van der Waals surface area contributed by atoms with Crippen LogP contribution in [-0.4, -0.2) is 49.1 Å². The molecule has 3 aromatic rings. The number of nitrogens with zero attached hydrogens (tertiary/aromatic N) is 4. The Morgan fingerprint density at radius 3 is 2.13 bits per heavy atom. The number of aryl methyl sites for hydroxylation is 2. The molecule has 30 heavy (non-hydrogen) atoms. The number of aromatic nitrogens is 2. The highest BCUT2D eigenvalue weighted by molar-refractivity contribution is 7.89. The van der Waals surface area contributed by atoms with Gasteiger partial charge >= 0.3 is 0 Å². The van der Waals surface area contributed by atoms with Crippen LogP contribution in [0.15, 0.2) is 59.5 Å². The number of hydrogen-bond donors (Lipinski definition) is 0. The first-order valence-electron chi connectivity index (χ1n) is 9.76. The van der Waals surface area contributed by atoms with Gasteiger partial charge in [0, 0.05) is 36.8 Å². The summed E-state index contributed by atoms with van der Waals surface area (Å²) in [7, 11) is -3.52. The summed E-state index contributed by atoms with van der Waals surface area (Å²) in [5.41, 5.74) is 4.33. The van der Waals surface area contributed by atoms with E-state index in [1.54, 1.807) is 24.3 Å². The number of benzene rings is 2. The van der Waals surface area contributed by atoms with Gasteiger partial charge in [0.1, 0.15) is 0 Å². The lowest BCUT2D eigenvalue weighted by Gasteiger charge is -2.34. The molecule has 4 rings (SSSR count). The van der Waals surface area contributed by atoms with Crippen LogP contribution in [0.4, 0.5) is 5.82 Å². The van der Waals surface area contributed by atoms with Gasteiger partial charge in [-0.15, -0.1) is 10.2 Å². The third-order valence-electron chi connectivity index (χ3n) is 5.47. The number of halogens is 1. The second-order valence-electron chi connectivity index (χ2n) is 7.42. The lowest BCUT2D eigenvalue weighted by Crippen LogP contribution is -2.48. The first kappa shape index (κ1) is 20.8. The number of sulfonamides is 1. The van der Waals surface area contributed by atoms with Crippen molar-refractivity contribution in [2.75, 3.05) is 31.1 Å². The fourth-order valence-corrected chi connectivity index (χ4v) is 5.01. The molecule has 1 aliphatic heterocycles. The topological polar surface area (TPSA) is 66.4 Å². The summed E-state index contributed by atoms with van der Waals surface area (Å²) in [6.07, 6.45) is 0. The first-order valence-corrected chi connectivity index (χ1v) is 11.6. The standard InChI is InChI=1S/C22H23ClN4O2S/c1-16-3-4-18(15-17(16)2)21-9-10-22(25-24-21)26-11-13-27(14-12-26)30(28,29)20-7-5-19(23)6-8-20/h3-10,15H,11-14H2,1-2H3. The third kappa shape index (κ3) is 4.19. The monoisotopic (exact) mass is 442 g/mol. The van der Waals surface area contributed by atoms with Gasteiger partial charge in [-0.1, -0.05) is 23.7 Å². The molecule has 0 N–H and O–H groups in total. The smallest absolute Gasteiger partial charge is 0.243 e. The van der Waals surface area contributed by atoms with E-state index in [0.29, 0.717) is 31.2 Å². The van der Waals surface area contributed by atoms with Gasteiger partial charge in [0.2, 0.25) is 10.0 Å². The number of hydrogen-bond acceptors (Lipinski definition) is 5. The van der Waals surface area contributed by atoms with Crippen LogP contribution in [-0.2, 0) is 10.0 Å². The third-order valence-corrected chi connectivity index (χ3v) is 7.63. The first-order chi connectivity index (χ1) is 14.3. The summed E-state index contributed by atoms with van der Waals surface area (Å²) in [5.74, 6) is 0.756. The Morgan fingerprint density at radius 1 is 0.833 bits per heavy atom. The Hall–Kier alpha value is -2.48. The average molecular weight is 443 g/mol. The van der Waals surface area contributed by atoms with Crippen molar-refractivity contribution < 1.29 is 8.42 Å². The van der Waals surface area contributed by atoms with Crippen LogP contribution in [0.5, 0.6) is 0 Å². The zero-order chi connectivity index (χ0) is 21.3. The molecular formula is C22H23ClN4O2S. The molecule has 0 bridgehead atoms. The molecule has 0 saturated carbocycles. The SMILES string of the molecule is Cc1ccc(-c2ccc(N3CCN(S(=O)(=O)c4ccc(Cl)cc4)CC3)nn2)cc1C. The van der Waals surface area contributed by atoms with Gasteiger partial charge in [-0.05, 0) is 67.4 Å². The van der Waals surface area contributed by atoms with Crippen molar-refractivity contribution in [3.05, 3.63) is 70.7 Å². The Kier molecular flexibility index (Phi) is 5.77. The van der Waals surface area contributed by atoms with Crippen LogP contribution in [0, 0.1) is 13.8 Å². The van der Waals surface area contributed by atoms with Crippen molar-refractivity contribution >= 4 is 27.4 Å². The van der Waals surface area contributed by atoms with E-state index >= 15 is 0 Å². The van der Waals surface area contributed by atoms with Crippen LogP contribution < -0.4 is 4.90 Å². The van der Waals surface area contributed by atoms with Gasteiger partial charge in [-0.3, -0.25) is 0 Å². The van der Waals surface area contributed by atoms with E-state index in [9.17, 15) is 8.42 Å². The zero-order valence-corrected chi connectivity index (χ0v) is 18.5. The summed E-state index contributed by atoms with van der Waals surface area (Å²) in [6.45, 7) is 6.07. The largest absolute Gasteiger partial charge is 0.352 e. The van der Waals surface area contributed by atoms with Crippen molar-refractivity contribution in [2.24, 2.45) is 0 Å². The Labute approximate surface area is 182 Å². The lowest BCUT2D eigenvalue weighted by molar-refractivity contribution is 0.383. The quantitative estimate of drug-likeness (QED) is 0.612. The summed E-state index contributed by atoms with van der Waals surface area (Å²) < 4.78 is 27.2. The van der Waals surface area contributed by atoms with Crippen LogP contribution in [0.1, 0.15) is 11.1 Å². The van der Waals surface area contributed by atoms with Crippen LogP contribution in [0.3, 0.4) is 0 Å². The minimum absolute atomic E-state index is 0.262. The molecule has 0 amide bonds. The normalized spacial score (nSPS) is 15.4. The highest BCUT2D eigenvalue weighted by Gasteiger charge is 2.29. The maximum Gasteiger partial charge on any atom is 0.243 e. The summed E-state index contributed by atoms with van der Waals surface area (Å²) in [4.78, 5) is 2.32. The highest BCUT2D eigenvalue weighted by atomic mass is 35.5. The molecule has 8 heteroatoms. The molecule has 0 atom stereocenters. The van der Waals surface area contributed by atoms with Gasteiger partial charge < -0.3 is 4.90 Å². The van der Waals surface area contributed by atoms with Crippen molar-refractivity contribution in [2.45, 2.75) is 18.7 Å². The Balaban J connectivity index is 1.44. The molecular weight excluding hydrogens is 420 g/mol. The number of piperazine rings is 1. The Morgan fingerprint density at radius 2 is 1.53 bits per heavy atom. The predicted molar refractivity (Wildman–Crippen MR) is 119 cm³/mol. The minimum atomic E-state index is -3.52. The molecule has 0 radical (unpaired) electrons. The molecule has 1 fully saturated rings. The minimum Gasteiger partial charge on any atom is -0.352 e. The van der Waals surface area contributed by atoms with Gasteiger partial charge in [0.15, 0.2) is 5.82 Å². The van der Waals surface area contributed by atoms with E-state index in [1.807, 2.05) is 18.2 Å². The second-order valence-corrected chi connectivity index (χ2v) is 9.80. The number of anilines is 1. The summed E-state index contributed by atoms with van der Waals surface area (Å²) >= 11 is 5.87. The maximum atomic E-state index is 12.8. The van der Waals surface area contributed by atoms with Crippen LogP contribution >= 0.6 is 11.6 Å². The van der Waals surface area contributed by atoms with E-state index in [2.05, 4.69) is 41.1 Å². The molecule has 1 aromatic heterocycles. The van der Waals surface area contributed by atoms with E-state index in [4.69, 9.17) is 11.6 Å². The molecule has 2 aromatic carbocycles. The van der Waals surface area contributed by atoms with Crippen molar-refractivity contribution in [1.29, 1.82) is 0 Å². The fraction of sp³-hybridized carbons (Fsp3) is 0.273. The van der Waals surface area contributed by atoms with E-state index in [1.165, 1.54) is 15.4 Å². The highest BCUT2D eigenvalue weighted by Crippen LogP contribution is 2.24. The summed E-state index contributed by atoms with van der Waals surface area (Å²) in [5, 5.41) is 9.28. The molecule has 0 unspecified atom stereocenters. The van der Waals surface area contributed by atoms with Crippen molar-refractivity contribution in [3.8, 4) is 11.3 Å². The van der Waals surface area contributed by atoms with Gasteiger partial charge in [0.05, 0.1) is 10.6 Å². The number of rotatable bonds is 4. The van der Waals surface area contributed by atoms with Gasteiger partial charge in [0.25, 0.3) is 0 Å². The van der Waals surface area contributed by atoms with E-state index in [-0.39, 0.29) is 4.90 Å². The van der Waals surface area contributed by atoms with Crippen LogP contribution in [0.25, 0.3) is 11.3 Å². The molecule has 2 heterocycles. The zero-order valence-electron chi connectivity index (χ0n) is 16.9. The molecule has 0 spiro atoms. The van der Waals surface area contributed by atoms with E-state index in [0.717, 1.165) is 17.1 Å². The Bertz CT molecular complexity index is 1140. The second kappa shape index (κ2) is 8.34. The molecule has 0 aliphatic carbocycles. The molecule has 6 nitrogen and oxygen atoms in total. The maximum absolute atomic E-state index is 12.8. The predicted octanol–water partition coefficient (Wildman–Crippen LogP) is 3.92. The molecule has 156 valence electrons. The van der Waals surface area contributed by atoms with Gasteiger partial charge in [-0.2, -0.15) is 4.31 Å². The lowest BCUT2D eigenvalue weighted by atomic mass is 10.0. The van der Waals surface area contributed by atoms with Crippen molar-refractivity contribution in [3.63, 3.8) is 0 Å². The van der Waals surface area contributed by atoms with E-state index < -0.39 is 10.0 Å². The summed E-state index contributed by atoms with van der Waals surface area (Å²) in [6, 6.07) is 16.4. The molecule has 1 saturated heterocycles.